The predicted octanol–water partition coefficient (Wildman–Crippen LogP) is 3.77. The molecule has 0 aliphatic carbocycles. The highest BCUT2D eigenvalue weighted by Gasteiger charge is 2.55. The van der Waals surface area contributed by atoms with Crippen LogP contribution in [0.1, 0.15) is 18.1 Å². The zero-order valence-electron chi connectivity index (χ0n) is 14.7. The van der Waals surface area contributed by atoms with Crippen LogP contribution in [0.2, 0.25) is 0 Å². The Labute approximate surface area is 158 Å². The van der Waals surface area contributed by atoms with Gasteiger partial charge < -0.3 is 0 Å². The second-order valence-electron chi connectivity index (χ2n) is 6.52. The van der Waals surface area contributed by atoms with Crippen LogP contribution in [0.25, 0.3) is 0 Å². The average molecular weight is 388 g/mol. The van der Waals surface area contributed by atoms with Crippen molar-refractivity contribution in [2.75, 3.05) is 9.91 Å². The van der Waals surface area contributed by atoms with Crippen molar-refractivity contribution < 1.29 is 22.8 Å². The average Bonchev–Trinajstić information content (AvgIpc) is 3.22. The maximum absolute atomic E-state index is 13.0. The topological polar surface area (TPSA) is 65.3 Å². The number of benzene rings is 2. The first-order valence-electron chi connectivity index (χ1n) is 8.65. The van der Waals surface area contributed by atoms with Gasteiger partial charge in [0.15, 0.2) is 12.1 Å². The molecule has 144 valence electrons. The van der Waals surface area contributed by atoms with Crippen LogP contribution in [0.15, 0.2) is 58.9 Å². The smallest absolute Gasteiger partial charge is 0.271 e. The van der Waals surface area contributed by atoms with E-state index in [4.69, 9.17) is 0 Å². The number of hydrogen-bond acceptors (Lipinski definition) is 5. The molecule has 4 rings (SSSR count). The third-order valence-corrected chi connectivity index (χ3v) is 4.82. The molecular weight excluding hydrogens is 373 g/mol. The van der Waals surface area contributed by atoms with Crippen molar-refractivity contribution in [2.24, 2.45) is 10.3 Å². The van der Waals surface area contributed by atoms with Crippen LogP contribution in [0.4, 0.5) is 24.5 Å². The molecule has 2 aromatic carbocycles. The van der Waals surface area contributed by atoms with E-state index in [-0.39, 0.29) is 5.69 Å². The lowest BCUT2D eigenvalue weighted by Crippen LogP contribution is -2.40. The van der Waals surface area contributed by atoms with Gasteiger partial charge in [-0.2, -0.15) is 18.3 Å². The Balaban J connectivity index is 1.66. The summed E-state index contributed by atoms with van der Waals surface area (Å²) in [6.07, 6.45) is -3.72. The molecule has 28 heavy (non-hydrogen) atoms. The van der Waals surface area contributed by atoms with E-state index in [1.54, 1.807) is 12.1 Å². The van der Waals surface area contributed by atoms with Crippen molar-refractivity contribution in [3.05, 3.63) is 59.7 Å². The molecule has 9 heteroatoms. The minimum absolute atomic E-state index is 0.0513. The van der Waals surface area contributed by atoms with Crippen molar-refractivity contribution in [3.8, 4) is 0 Å². The number of halogens is 3. The molecule has 2 aliphatic heterocycles. The Morgan fingerprint density at radius 2 is 1.71 bits per heavy atom. The van der Waals surface area contributed by atoms with Gasteiger partial charge in [-0.05, 0) is 42.3 Å². The van der Waals surface area contributed by atoms with E-state index in [1.165, 1.54) is 12.1 Å². The van der Waals surface area contributed by atoms with Gasteiger partial charge in [0, 0.05) is 0 Å². The summed E-state index contributed by atoms with van der Waals surface area (Å²) < 4.78 is 39.0. The Hall–Kier alpha value is -3.23. The van der Waals surface area contributed by atoms with Crippen molar-refractivity contribution in [2.45, 2.75) is 31.6 Å². The molecule has 0 saturated carbocycles. The van der Waals surface area contributed by atoms with Gasteiger partial charge in [-0.3, -0.25) is 9.59 Å². The Kier molecular flexibility index (Phi) is 4.17. The van der Waals surface area contributed by atoms with E-state index in [9.17, 15) is 22.8 Å². The van der Waals surface area contributed by atoms with E-state index in [1.807, 2.05) is 19.1 Å². The summed E-state index contributed by atoms with van der Waals surface area (Å²) in [5, 5.41) is 8.72. The van der Waals surface area contributed by atoms with Crippen molar-refractivity contribution in [1.82, 2.24) is 0 Å². The summed E-state index contributed by atoms with van der Waals surface area (Å²) in [4.78, 5) is 26.7. The van der Waals surface area contributed by atoms with Gasteiger partial charge in [0.2, 0.25) is 0 Å². The Morgan fingerprint density at radius 3 is 2.36 bits per heavy atom. The lowest BCUT2D eigenvalue weighted by Gasteiger charge is -2.21. The summed E-state index contributed by atoms with van der Waals surface area (Å²) in [5.74, 6) is -1.11. The minimum atomic E-state index is -4.53. The van der Waals surface area contributed by atoms with Gasteiger partial charge in [0.05, 0.1) is 16.9 Å². The second kappa shape index (κ2) is 6.43. The molecule has 0 spiro atoms. The number of carbonyl (C=O) groups excluding carboxylic acids is 2. The molecule has 2 aromatic rings. The number of rotatable bonds is 3. The number of aryl methyl sites for hydroxylation is 1. The highest BCUT2D eigenvalue weighted by molar-refractivity contribution is 6.26. The summed E-state index contributed by atoms with van der Waals surface area (Å²) in [6, 6.07) is 9.23. The van der Waals surface area contributed by atoms with E-state index in [0.29, 0.717) is 5.69 Å². The molecular formula is C19H15F3N4O2. The molecule has 2 atom stereocenters. The monoisotopic (exact) mass is 388 g/mol. The van der Waals surface area contributed by atoms with Crippen LogP contribution in [0.3, 0.4) is 0 Å². The largest absolute Gasteiger partial charge is 0.416 e. The van der Waals surface area contributed by atoms with E-state index in [0.717, 1.165) is 34.0 Å². The SMILES string of the molecule is CCc1ccc(N2C(=O)[C@H]3N=NN(c4cccc(C(F)(F)F)c4)[C@H]3C2=O)cc1. The Bertz CT molecular complexity index is 972. The highest BCUT2D eigenvalue weighted by atomic mass is 19.4. The molecule has 2 aliphatic rings. The quantitative estimate of drug-likeness (QED) is 0.752. The van der Waals surface area contributed by atoms with Gasteiger partial charge >= 0.3 is 6.18 Å². The number of imide groups is 1. The third kappa shape index (κ3) is 2.83. The van der Waals surface area contributed by atoms with Gasteiger partial charge in [-0.15, -0.1) is 0 Å². The lowest BCUT2D eigenvalue weighted by molar-refractivity contribution is -0.137. The zero-order chi connectivity index (χ0) is 20.1. The molecule has 1 fully saturated rings. The highest BCUT2D eigenvalue weighted by Crippen LogP contribution is 2.37. The Morgan fingerprint density at radius 1 is 1.00 bits per heavy atom. The molecule has 1 saturated heterocycles. The maximum atomic E-state index is 13.0. The molecule has 0 unspecified atom stereocenters. The standard InChI is InChI=1S/C19H15F3N4O2/c1-2-11-6-8-13(9-7-11)25-17(27)15-16(18(25)28)26(24-23-15)14-5-3-4-12(10-14)19(20,21)22/h3-10,15-16H,2H2,1H3/t15-,16+/m0/s1. The number of carbonyl (C=O) groups is 2. The normalized spacial score (nSPS) is 21.6. The van der Waals surface area contributed by atoms with Gasteiger partial charge in [-0.1, -0.05) is 30.3 Å². The van der Waals surface area contributed by atoms with E-state index in [2.05, 4.69) is 10.3 Å². The van der Waals surface area contributed by atoms with Crippen LogP contribution >= 0.6 is 0 Å². The number of amides is 2. The predicted molar refractivity (Wildman–Crippen MR) is 94.7 cm³/mol. The molecule has 0 bridgehead atoms. The molecule has 2 heterocycles. The van der Waals surface area contributed by atoms with Crippen LogP contribution in [0, 0.1) is 0 Å². The van der Waals surface area contributed by atoms with Crippen molar-refractivity contribution >= 4 is 23.2 Å². The summed E-state index contributed by atoms with van der Waals surface area (Å²) >= 11 is 0. The lowest BCUT2D eigenvalue weighted by atomic mass is 10.1. The second-order valence-corrected chi connectivity index (χ2v) is 6.52. The van der Waals surface area contributed by atoms with Gasteiger partial charge in [-0.25, -0.2) is 9.91 Å². The summed E-state index contributed by atoms with van der Waals surface area (Å²) in [6.45, 7) is 1.99. The fraction of sp³-hybridized carbons (Fsp3) is 0.263. The van der Waals surface area contributed by atoms with E-state index < -0.39 is 35.6 Å². The van der Waals surface area contributed by atoms with Crippen molar-refractivity contribution in [3.63, 3.8) is 0 Å². The van der Waals surface area contributed by atoms with Crippen LogP contribution in [0.5, 0.6) is 0 Å². The number of hydrogen-bond donors (Lipinski definition) is 0. The number of anilines is 2. The summed E-state index contributed by atoms with van der Waals surface area (Å²) in [5.41, 5.74) is 0.636. The number of alkyl halides is 3. The minimum Gasteiger partial charge on any atom is -0.271 e. The molecule has 0 N–H and O–H groups in total. The maximum Gasteiger partial charge on any atom is 0.416 e. The first kappa shape index (κ1) is 18.1. The summed E-state index contributed by atoms with van der Waals surface area (Å²) in [7, 11) is 0. The van der Waals surface area contributed by atoms with Crippen LogP contribution in [-0.2, 0) is 22.2 Å². The molecule has 0 radical (unpaired) electrons. The number of nitrogens with zero attached hydrogens (tertiary/aromatic N) is 4. The first-order valence-corrected chi connectivity index (χ1v) is 8.65. The van der Waals surface area contributed by atoms with Gasteiger partial charge in [0.25, 0.3) is 11.8 Å². The van der Waals surface area contributed by atoms with Crippen LogP contribution < -0.4 is 9.91 Å². The fourth-order valence-corrected chi connectivity index (χ4v) is 3.33. The van der Waals surface area contributed by atoms with Gasteiger partial charge in [0.1, 0.15) is 0 Å². The zero-order valence-corrected chi connectivity index (χ0v) is 14.7. The molecule has 6 nitrogen and oxygen atoms in total. The molecule has 2 amide bonds. The van der Waals surface area contributed by atoms with Crippen molar-refractivity contribution in [1.29, 1.82) is 0 Å². The fourth-order valence-electron chi connectivity index (χ4n) is 3.33. The first-order chi connectivity index (χ1) is 13.3. The molecule has 0 aromatic heterocycles. The van der Waals surface area contributed by atoms with E-state index >= 15 is 0 Å². The number of fused-ring (bicyclic) bond motifs is 1. The third-order valence-electron chi connectivity index (χ3n) is 4.82. The van der Waals surface area contributed by atoms with Crippen LogP contribution in [-0.4, -0.2) is 23.9 Å².